The number of nitro benzene ring substituents is 1. The van der Waals surface area contributed by atoms with Crippen molar-refractivity contribution in [1.82, 2.24) is 4.98 Å². The van der Waals surface area contributed by atoms with E-state index in [1.54, 1.807) is 30.6 Å². The van der Waals surface area contributed by atoms with Crippen molar-refractivity contribution >= 4 is 22.1 Å². The molecule has 20 heavy (non-hydrogen) atoms. The highest BCUT2D eigenvalue weighted by Gasteiger charge is 2.21. The van der Waals surface area contributed by atoms with Crippen LogP contribution in [-0.2, 0) is 0 Å². The quantitative estimate of drug-likeness (QED) is 0.669. The number of non-ortho nitro benzene ring substituents is 1. The Hall–Kier alpha value is -2.21. The largest absolute Gasteiger partial charge is 0.393 e. The molecule has 104 valence electrons. The Balaban J connectivity index is 2.08. The van der Waals surface area contributed by atoms with E-state index in [4.69, 9.17) is 0 Å². The molecule has 1 aromatic heterocycles. The minimum atomic E-state index is -0.369. The molecule has 0 radical (unpaired) electrons. The van der Waals surface area contributed by atoms with E-state index in [1.165, 1.54) is 0 Å². The zero-order valence-corrected chi connectivity index (χ0v) is 10.9. The molecule has 0 atom stereocenters. The van der Waals surface area contributed by atoms with Gasteiger partial charge in [0.1, 0.15) is 0 Å². The van der Waals surface area contributed by atoms with Gasteiger partial charge in [0.25, 0.3) is 5.69 Å². The van der Waals surface area contributed by atoms with Gasteiger partial charge in [-0.2, -0.15) is 0 Å². The van der Waals surface area contributed by atoms with Gasteiger partial charge in [-0.25, -0.2) is 0 Å². The molecule has 0 amide bonds. The molecule has 0 unspecified atom stereocenters. The van der Waals surface area contributed by atoms with Crippen LogP contribution in [0.15, 0.2) is 30.6 Å². The van der Waals surface area contributed by atoms with Crippen LogP contribution in [0.2, 0.25) is 0 Å². The van der Waals surface area contributed by atoms with E-state index < -0.39 is 0 Å². The second kappa shape index (κ2) is 5.05. The Labute approximate surface area is 115 Å². The van der Waals surface area contributed by atoms with E-state index in [0.717, 1.165) is 37.0 Å². The Morgan fingerprint density at radius 2 is 2.00 bits per heavy atom. The number of benzene rings is 1. The number of nitro groups is 1. The van der Waals surface area contributed by atoms with Gasteiger partial charge in [-0.15, -0.1) is 0 Å². The number of pyridine rings is 1. The number of nitrogens with zero attached hydrogens (tertiary/aromatic N) is 3. The number of anilines is 1. The van der Waals surface area contributed by atoms with Gasteiger partial charge in [0.15, 0.2) is 0 Å². The van der Waals surface area contributed by atoms with Crippen molar-refractivity contribution < 1.29 is 10.0 Å². The van der Waals surface area contributed by atoms with Crippen LogP contribution < -0.4 is 4.90 Å². The van der Waals surface area contributed by atoms with Gasteiger partial charge in [0, 0.05) is 42.6 Å². The lowest BCUT2D eigenvalue weighted by Crippen LogP contribution is -2.35. The van der Waals surface area contributed by atoms with Gasteiger partial charge in [0.2, 0.25) is 0 Å². The highest BCUT2D eigenvalue weighted by Crippen LogP contribution is 2.34. The highest BCUT2D eigenvalue weighted by atomic mass is 16.6. The minimum absolute atomic E-state index is 0.100. The van der Waals surface area contributed by atoms with E-state index in [-0.39, 0.29) is 16.7 Å². The van der Waals surface area contributed by atoms with Gasteiger partial charge in [-0.1, -0.05) is 0 Å². The van der Waals surface area contributed by atoms with E-state index >= 15 is 0 Å². The van der Waals surface area contributed by atoms with Crippen LogP contribution in [0.3, 0.4) is 0 Å². The summed E-state index contributed by atoms with van der Waals surface area (Å²) < 4.78 is 0. The first kappa shape index (κ1) is 12.8. The number of rotatable bonds is 2. The number of aliphatic hydroxyl groups excluding tert-OH is 1. The fraction of sp³-hybridized carbons (Fsp3) is 0.357. The molecule has 0 spiro atoms. The summed E-state index contributed by atoms with van der Waals surface area (Å²) in [6.07, 6.45) is 4.44. The Kier molecular flexibility index (Phi) is 3.23. The van der Waals surface area contributed by atoms with Crippen molar-refractivity contribution in [2.45, 2.75) is 18.9 Å². The predicted molar refractivity (Wildman–Crippen MR) is 75.9 cm³/mol. The zero-order chi connectivity index (χ0) is 14.1. The number of piperidine rings is 1. The van der Waals surface area contributed by atoms with Gasteiger partial charge in [-0.05, 0) is 25.0 Å². The summed E-state index contributed by atoms with van der Waals surface area (Å²) in [5.41, 5.74) is 1.05. The SMILES string of the molecule is O=[N+]([O-])c1ccc(N2CCC(O)CC2)c2cnccc12. The molecule has 2 aromatic rings. The molecule has 1 saturated heterocycles. The smallest absolute Gasteiger partial charge is 0.277 e. The van der Waals surface area contributed by atoms with Crippen LogP contribution in [0.5, 0.6) is 0 Å². The van der Waals surface area contributed by atoms with Crippen molar-refractivity contribution in [2.24, 2.45) is 0 Å². The van der Waals surface area contributed by atoms with Gasteiger partial charge < -0.3 is 10.0 Å². The average molecular weight is 273 g/mol. The maximum absolute atomic E-state index is 11.1. The Bertz CT molecular complexity index is 651. The third-order valence-electron chi connectivity index (χ3n) is 3.77. The van der Waals surface area contributed by atoms with Crippen molar-refractivity contribution in [1.29, 1.82) is 0 Å². The number of hydrogen-bond donors (Lipinski definition) is 1. The molecule has 0 aliphatic carbocycles. The first-order valence-electron chi connectivity index (χ1n) is 6.61. The lowest BCUT2D eigenvalue weighted by atomic mass is 10.0. The van der Waals surface area contributed by atoms with Crippen molar-refractivity contribution in [3.63, 3.8) is 0 Å². The number of aliphatic hydroxyl groups is 1. The first-order valence-corrected chi connectivity index (χ1v) is 6.61. The van der Waals surface area contributed by atoms with Crippen LogP contribution in [0.4, 0.5) is 11.4 Å². The predicted octanol–water partition coefficient (Wildman–Crippen LogP) is 2.10. The monoisotopic (exact) mass is 273 g/mol. The molecule has 1 aliphatic heterocycles. The lowest BCUT2D eigenvalue weighted by molar-refractivity contribution is -0.383. The van der Waals surface area contributed by atoms with E-state index in [2.05, 4.69) is 9.88 Å². The zero-order valence-electron chi connectivity index (χ0n) is 10.9. The number of hydrogen-bond acceptors (Lipinski definition) is 5. The summed E-state index contributed by atoms with van der Waals surface area (Å²) in [5.74, 6) is 0. The molecular weight excluding hydrogens is 258 g/mol. The van der Waals surface area contributed by atoms with Crippen molar-refractivity contribution in [3.8, 4) is 0 Å². The lowest BCUT2D eigenvalue weighted by Gasteiger charge is -2.32. The second-order valence-electron chi connectivity index (χ2n) is 5.00. The third kappa shape index (κ3) is 2.18. The molecule has 1 aliphatic rings. The van der Waals surface area contributed by atoms with Crippen molar-refractivity contribution in [3.05, 3.63) is 40.7 Å². The fourth-order valence-electron chi connectivity index (χ4n) is 2.70. The fourth-order valence-corrected chi connectivity index (χ4v) is 2.70. The molecule has 2 heterocycles. The van der Waals surface area contributed by atoms with E-state index in [0.29, 0.717) is 5.39 Å². The molecular formula is C14H15N3O3. The topological polar surface area (TPSA) is 79.5 Å². The van der Waals surface area contributed by atoms with Crippen LogP contribution in [-0.4, -0.2) is 34.2 Å². The minimum Gasteiger partial charge on any atom is -0.393 e. The Morgan fingerprint density at radius 3 is 2.70 bits per heavy atom. The molecule has 1 N–H and O–H groups in total. The highest BCUT2D eigenvalue weighted by molar-refractivity contribution is 5.99. The molecule has 6 nitrogen and oxygen atoms in total. The van der Waals surface area contributed by atoms with Crippen LogP contribution in [0, 0.1) is 10.1 Å². The van der Waals surface area contributed by atoms with Crippen LogP contribution >= 0.6 is 0 Å². The number of aromatic nitrogens is 1. The summed E-state index contributed by atoms with van der Waals surface area (Å²) in [4.78, 5) is 17.0. The van der Waals surface area contributed by atoms with Crippen LogP contribution in [0.1, 0.15) is 12.8 Å². The van der Waals surface area contributed by atoms with E-state index in [1.807, 2.05) is 0 Å². The van der Waals surface area contributed by atoms with Crippen molar-refractivity contribution in [2.75, 3.05) is 18.0 Å². The van der Waals surface area contributed by atoms with Gasteiger partial charge >= 0.3 is 0 Å². The standard InChI is InChI=1S/C14H15N3O3/c18-10-4-7-16(8-5-10)13-1-2-14(17(19)20)11-3-6-15-9-12(11)13/h1-3,6,9-10,18H,4-5,7-8H2. The maximum Gasteiger partial charge on any atom is 0.277 e. The summed E-state index contributed by atoms with van der Waals surface area (Å²) in [6.45, 7) is 1.51. The summed E-state index contributed by atoms with van der Waals surface area (Å²) in [7, 11) is 0. The first-order chi connectivity index (χ1) is 9.66. The summed E-state index contributed by atoms with van der Waals surface area (Å²) in [6, 6.07) is 5.00. The maximum atomic E-state index is 11.1. The van der Waals surface area contributed by atoms with Gasteiger partial charge in [-0.3, -0.25) is 15.1 Å². The molecule has 0 bridgehead atoms. The molecule has 6 heteroatoms. The second-order valence-corrected chi connectivity index (χ2v) is 5.00. The molecule has 0 saturated carbocycles. The summed E-state index contributed by atoms with van der Waals surface area (Å²) >= 11 is 0. The summed E-state index contributed by atoms with van der Waals surface area (Å²) in [5, 5.41) is 22.1. The normalized spacial score (nSPS) is 16.6. The van der Waals surface area contributed by atoms with E-state index in [9.17, 15) is 15.2 Å². The molecule has 1 fully saturated rings. The van der Waals surface area contributed by atoms with Crippen LogP contribution in [0.25, 0.3) is 10.8 Å². The molecule has 1 aromatic carbocycles. The third-order valence-corrected chi connectivity index (χ3v) is 3.77. The van der Waals surface area contributed by atoms with Gasteiger partial charge in [0.05, 0.1) is 16.4 Å². The Morgan fingerprint density at radius 1 is 1.25 bits per heavy atom. The molecule has 3 rings (SSSR count). The number of fused-ring (bicyclic) bond motifs is 1. The average Bonchev–Trinajstić information content (AvgIpc) is 2.47.